The number of nitrogens with one attached hydrogen (secondary N) is 2. The second-order valence-electron chi connectivity index (χ2n) is 7.19. The maximum Gasteiger partial charge on any atom is 0.328 e. The van der Waals surface area contributed by atoms with E-state index in [1.807, 2.05) is 12.1 Å². The first-order chi connectivity index (χ1) is 14.6. The van der Waals surface area contributed by atoms with Gasteiger partial charge < -0.3 is 24.6 Å². The number of ether oxygens (including phenoxy) is 2. The monoisotopic (exact) mass is 415 g/mol. The van der Waals surface area contributed by atoms with Crippen LogP contribution < -0.4 is 26.4 Å². The molecule has 0 radical (unpaired) electrons. The van der Waals surface area contributed by atoms with E-state index in [4.69, 9.17) is 9.47 Å². The summed E-state index contributed by atoms with van der Waals surface area (Å²) in [6, 6.07) is 7.17. The van der Waals surface area contributed by atoms with E-state index in [2.05, 4.69) is 26.2 Å². The van der Waals surface area contributed by atoms with Crippen LogP contribution in [0.5, 0.6) is 0 Å². The minimum atomic E-state index is -0.617. The van der Waals surface area contributed by atoms with Crippen LogP contribution in [0.1, 0.15) is 0 Å². The molecule has 10 heteroatoms. The Kier molecular flexibility index (Phi) is 6.15. The Morgan fingerprint density at radius 1 is 0.967 bits per heavy atom. The molecule has 2 aliphatic heterocycles. The first-order valence-corrected chi connectivity index (χ1v) is 9.99. The third-order valence-corrected chi connectivity index (χ3v) is 5.19. The van der Waals surface area contributed by atoms with Gasteiger partial charge in [-0.3, -0.25) is 19.1 Å². The van der Waals surface area contributed by atoms with Crippen LogP contribution >= 0.6 is 0 Å². The largest absolute Gasteiger partial charge is 0.378 e. The molecular formula is C20H25N5O5. The first kappa shape index (κ1) is 20.2. The third kappa shape index (κ3) is 4.71. The lowest BCUT2D eigenvalue weighted by atomic mass is 10.1. The van der Waals surface area contributed by atoms with Crippen molar-refractivity contribution in [3.05, 3.63) is 51.3 Å². The number of carbonyl (C=O) groups is 1. The quantitative estimate of drug-likeness (QED) is 0.699. The molecule has 2 saturated heterocycles. The fourth-order valence-corrected chi connectivity index (χ4v) is 3.62. The highest BCUT2D eigenvalue weighted by atomic mass is 16.5. The van der Waals surface area contributed by atoms with Gasteiger partial charge in [0.1, 0.15) is 6.54 Å². The van der Waals surface area contributed by atoms with Gasteiger partial charge in [-0.2, -0.15) is 0 Å². The Morgan fingerprint density at radius 3 is 2.30 bits per heavy atom. The highest BCUT2D eigenvalue weighted by Crippen LogP contribution is 2.32. The molecule has 3 heterocycles. The lowest BCUT2D eigenvalue weighted by Crippen LogP contribution is -2.38. The van der Waals surface area contributed by atoms with Gasteiger partial charge in [0.2, 0.25) is 5.91 Å². The minimum Gasteiger partial charge on any atom is -0.378 e. The Hall–Kier alpha value is -3.11. The number of hydrogen-bond acceptors (Lipinski definition) is 7. The molecule has 0 spiro atoms. The maximum atomic E-state index is 12.6. The number of aromatic nitrogens is 2. The van der Waals surface area contributed by atoms with Gasteiger partial charge in [-0.25, -0.2) is 4.79 Å². The summed E-state index contributed by atoms with van der Waals surface area (Å²) in [5, 5.41) is 2.91. The van der Waals surface area contributed by atoms with Crippen molar-refractivity contribution in [2.24, 2.45) is 0 Å². The van der Waals surface area contributed by atoms with Crippen LogP contribution in [0, 0.1) is 0 Å². The summed E-state index contributed by atoms with van der Waals surface area (Å²) in [6.07, 6.45) is 1.31. The van der Waals surface area contributed by atoms with Crippen LogP contribution in [0.2, 0.25) is 0 Å². The molecule has 2 N–H and O–H groups in total. The summed E-state index contributed by atoms with van der Waals surface area (Å²) in [5.74, 6) is -0.349. The van der Waals surface area contributed by atoms with Crippen LogP contribution in [0.25, 0.3) is 0 Å². The molecule has 0 aliphatic carbocycles. The number of nitrogens with zero attached hydrogens (tertiary/aromatic N) is 3. The number of anilines is 3. The number of amides is 1. The summed E-state index contributed by atoms with van der Waals surface area (Å²) >= 11 is 0. The number of carbonyl (C=O) groups excluding carboxylic acids is 1. The average molecular weight is 415 g/mol. The first-order valence-electron chi connectivity index (χ1n) is 9.99. The summed E-state index contributed by atoms with van der Waals surface area (Å²) in [4.78, 5) is 42.3. The van der Waals surface area contributed by atoms with Crippen molar-refractivity contribution in [2.45, 2.75) is 6.54 Å². The smallest absolute Gasteiger partial charge is 0.328 e. The molecule has 2 aromatic rings. The zero-order chi connectivity index (χ0) is 20.9. The van der Waals surface area contributed by atoms with Crippen molar-refractivity contribution in [3.8, 4) is 0 Å². The van der Waals surface area contributed by atoms with E-state index in [0.29, 0.717) is 32.1 Å². The van der Waals surface area contributed by atoms with Gasteiger partial charge in [-0.05, 0) is 18.2 Å². The zero-order valence-corrected chi connectivity index (χ0v) is 16.6. The maximum absolute atomic E-state index is 12.6. The lowest BCUT2D eigenvalue weighted by molar-refractivity contribution is -0.116. The summed E-state index contributed by atoms with van der Waals surface area (Å²) in [5.41, 5.74) is 1.56. The Balaban J connectivity index is 1.56. The van der Waals surface area contributed by atoms with E-state index < -0.39 is 11.2 Å². The predicted octanol–water partition coefficient (Wildman–Crippen LogP) is -0.151. The molecule has 2 fully saturated rings. The van der Waals surface area contributed by atoms with Crippen molar-refractivity contribution in [1.29, 1.82) is 0 Å². The molecule has 4 rings (SSSR count). The van der Waals surface area contributed by atoms with Crippen LogP contribution in [0.15, 0.2) is 40.1 Å². The predicted molar refractivity (Wildman–Crippen MR) is 112 cm³/mol. The van der Waals surface area contributed by atoms with Gasteiger partial charge in [-0.15, -0.1) is 0 Å². The minimum absolute atomic E-state index is 0.191. The van der Waals surface area contributed by atoms with Gasteiger partial charge in [0.25, 0.3) is 5.56 Å². The SMILES string of the molecule is O=C(Cn1ccc(=O)[nH]c1=O)Nc1ccc(N2CCOCC2)cc1N1CCOCC1. The Morgan fingerprint density at radius 2 is 1.63 bits per heavy atom. The van der Waals surface area contributed by atoms with E-state index >= 15 is 0 Å². The lowest BCUT2D eigenvalue weighted by Gasteiger charge is -2.33. The molecule has 1 amide bonds. The van der Waals surface area contributed by atoms with E-state index in [0.717, 1.165) is 42.1 Å². The van der Waals surface area contributed by atoms with Crippen LogP contribution in [-0.2, 0) is 20.8 Å². The summed E-state index contributed by atoms with van der Waals surface area (Å²) < 4.78 is 12.1. The number of benzene rings is 1. The van der Waals surface area contributed by atoms with Crippen molar-refractivity contribution in [3.63, 3.8) is 0 Å². The van der Waals surface area contributed by atoms with Crippen molar-refractivity contribution >= 4 is 23.0 Å². The molecule has 0 bridgehead atoms. The number of hydrogen-bond donors (Lipinski definition) is 2. The molecule has 160 valence electrons. The zero-order valence-electron chi connectivity index (χ0n) is 16.6. The molecule has 0 atom stereocenters. The van der Waals surface area contributed by atoms with E-state index in [-0.39, 0.29) is 12.5 Å². The van der Waals surface area contributed by atoms with Gasteiger partial charge >= 0.3 is 5.69 Å². The molecule has 0 unspecified atom stereocenters. The van der Waals surface area contributed by atoms with Crippen molar-refractivity contribution in [1.82, 2.24) is 9.55 Å². The van der Waals surface area contributed by atoms with Crippen LogP contribution in [0.4, 0.5) is 17.1 Å². The molecular weight excluding hydrogens is 390 g/mol. The fourth-order valence-electron chi connectivity index (χ4n) is 3.62. The Labute approximate surface area is 173 Å². The van der Waals surface area contributed by atoms with Crippen molar-refractivity contribution < 1.29 is 14.3 Å². The normalized spacial score (nSPS) is 17.1. The van der Waals surface area contributed by atoms with Gasteiger partial charge in [-0.1, -0.05) is 0 Å². The van der Waals surface area contributed by atoms with E-state index in [9.17, 15) is 14.4 Å². The molecule has 10 nitrogen and oxygen atoms in total. The number of morpholine rings is 2. The topological polar surface area (TPSA) is 109 Å². The average Bonchev–Trinajstić information content (AvgIpc) is 2.77. The Bertz CT molecular complexity index is 1010. The molecule has 1 aromatic carbocycles. The van der Waals surface area contributed by atoms with Crippen molar-refractivity contribution in [2.75, 3.05) is 67.7 Å². The standard InChI is InChI=1S/C20H25N5O5/c26-18-3-4-25(20(28)22-18)14-19(27)21-16-2-1-15(23-5-9-29-10-6-23)13-17(16)24-7-11-30-12-8-24/h1-4,13H,5-12,14H2,(H,21,27)(H,22,26,28). The van der Waals surface area contributed by atoms with Crippen LogP contribution in [-0.4, -0.2) is 68.1 Å². The fraction of sp³-hybridized carbons (Fsp3) is 0.450. The second-order valence-corrected chi connectivity index (χ2v) is 7.19. The number of H-pyrrole nitrogens is 1. The molecule has 0 saturated carbocycles. The van der Waals surface area contributed by atoms with E-state index in [1.54, 1.807) is 0 Å². The third-order valence-electron chi connectivity index (χ3n) is 5.19. The van der Waals surface area contributed by atoms with Gasteiger partial charge in [0, 0.05) is 44.1 Å². The number of aromatic amines is 1. The highest BCUT2D eigenvalue weighted by molar-refractivity contribution is 5.95. The van der Waals surface area contributed by atoms with Gasteiger partial charge in [0.15, 0.2) is 0 Å². The molecule has 30 heavy (non-hydrogen) atoms. The molecule has 1 aromatic heterocycles. The van der Waals surface area contributed by atoms with E-state index in [1.165, 1.54) is 12.3 Å². The number of rotatable bonds is 5. The van der Waals surface area contributed by atoms with Crippen LogP contribution in [0.3, 0.4) is 0 Å². The summed E-state index contributed by atoms with van der Waals surface area (Å²) in [7, 11) is 0. The second kappa shape index (κ2) is 9.14. The van der Waals surface area contributed by atoms with Gasteiger partial charge in [0.05, 0.1) is 37.8 Å². The highest BCUT2D eigenvalue weighted by Gasteiger charge is 2.19. The summed E-state index contributed by atoms with van der Waals surface area (Å²) in [6.45, 7) is 5.56. The molecule has 2 aliphatic rings.